The van der Waals surface area contributed by atoms with E-state index in [0.29, 0.717) is 0 Å². The number of fused-ring (bicyclic) bond motifs is 3. The Morgan fingerprint density at radius 2 is 0.744 bits per heavy atom. The van der Waals surface area contributed by atoms with Crippen molar-refractivity contribution in [3.8, 4) is 16.8 Å². The molecule has 0 aliphatic rings. The van der Waals surface area contributed by atoms with Crippen LogP contribution in [0, 0.1) is 0 Å². The van der Waals surface area contributed by atoms with Crippen molar-refractivity contribution in [2.75, 3.05) is 0 Å². The average Bonchev–Trinajstić information content (AvgIpc) is 3.22. The molecule has 0 radical (unpaired) electrons. The molecule has 0 bridgehead atoms. The Hall–Kier alpha value is -3.32. The fraction of sp³-hybridized carbons (Fsp3) is 0.368. The van der Waals surface area contributed by atoms with Gasteiger partial charge in [0.25, 0.3) is 0 Å². The van der Waals surface area contributed by atoms with Crippen LogP contribution >= 0.6 is 0 Å². The normalized spacial score (nSPS) is 12.5. The highest BCUT2D eigenvalue weighted by Crippen LogP contribution is 2.38. The molecule has 0 unspecified atom stereocenters. The van der Waals surface area contributed by atoms with Crippen molar-refractivity contribution in [2.24, 2.45) is 0 Å². The van der Waals surface area contributed by atoms with Gasteiger partial charge in [-0.2, -0.15) is 0 Å². The Morgan fingerprint density at radius 1 is 0.410 bits per heavy atom. The van der Waals surface area contributed by atoms with Crippen LogP contribution in [0.3, 0.4) is 0 Å². The van der Waals surface area contributed by atoms with E-state index in [1.165, 1.54) is 55.3 Å². The minimum Gasteiger partial charge on any atom is -0.309 e. The van der Waals surface area contributed by atoms with Crippen LogP contribution in [0.1, 0.15) is 92.9 Å². The van der Waals surface area contributed by atoms with Crippen molar-refractivity contribution in [3.05, 3.63) is 102 Å². The molecule has 0 aliphatic carbocycles. The zero-order valence-corrected chi connectivity index (χ0v) is 26.0. The molecule has 5 aromatic rings. The summed E-state index contributed by atoms with van der Waals surface area (Å²) in [6, 6.07) is 32.1. The second kappa shape index (κ2) is 10.3. The van der Waals surface area contributed by atoms with Gasteiger partial charge < -0.3 is 4.57 Å². The first-order valence-corrected chi connectivity index (χ1v) is 14.5. The minimum absolute atomic E-state index is 0.106. The molecule has 5 rings (SSSR count). The third-order valence-electron chi connectivity index (χ3n) is 7.71. The number of hydrogen-bond donors (Lipinski definition) is 0. The van der Waals surface area contributed by atoms with E-state index in [-0.39, 0.29) is 16.2 Å². The van der Waals surface area contributed by atoms with Gasteiger partial charge in [-0.25, -0.2) is 0 Å². The lowest BCUT2D eigenvalue weighted by Gasteiger charge is -2.19. The number of benzene rings is 4. The standard InChI is InChI=1S/C36H41N.C2H6/c1-34(2,3)26-14-10-24(11-15-26)25-12-18-29(19-13-25)37-32-20-16-27(35(4,5)6)22-30(32)31-23-28(36(7,8)9)17-21-33(31)37;1-2/h10-23H,1-9H3;1-2H3. The maximum atomic E-state index is 2.43. The molecule has 0 aliphatic heterocycles. The lowest BCUT2D eigenvalue weighted by Crippen LogP contribution is -2.10. The number of hydrogen-bond acceptors (Lipinski definition) is 0. The molecule has 0 atom stereocenters. The fourth-order valence-corrected chi connectivity index (χ4v) is 5.20. The number of nitrogens with zero attached hydrogens (tertiary/aromatic N) is 1. The molecule has 0 amide bonds. The molecule has 204 valence electrons. The van der Waals surface area contributed by atoms with Gasteiger partial charge in [-0.05, 0) is 80.5 Å². The van der Waals surface area contributed by atoms with Crippen LogP contribution in [0.4, 0.5) is 0 Å². The Balaban J connectivity index is 0.00000172. The van der Waals surface area contributed by atoms with Crippen LogP contribution in [0.25, 0.3) is 38.6 Å². The lowest BCUT2D eigenvalue weighted by atomic mass is 9.85. The van der Waals surface area contributed by atoms with Gasteiger partial charge in [0.2, 0.25) is 0 Å². The van der Waals surface area contributed by atoms with Crippen LogP contribution in [0.2, 0.25) is 0 Å². The minimum atomic E-state index is 0.106. The summed E-state index contributed by atoms with van der Waals surface area (Å²) in [6.07, 6.45) is 0. The molecule has 1 heteroatoms. The molecular formula is C38H47N. The Kier molecular flexibility index (Phi) is 7.60. The molecule has 0 saturated carbocycles. The van der Waals surface area contributed by atoms with Crippen molar-refractivity contribution in [2.45, 2.75) is 92.4 Å². The highest BCUT2D eigenvalue weighted by molar-refractivity contribution is 6.09. The smallest absolute Gasteiger partial charge is 0.0541 e. The Morgan fingerprint density at radius 3 is 1.10 bits per heavy atom. The van der Waals surface area contributed by atoms with E-state index < -0.39 is 0 Å². The highest BCUT2D eigenvalue weighted by atomic mass is 15.0. The first-order chi connectivity index (χ1) is 18.2. The van der Waals surface area contributed by atoms with E-state index in [1.54, 1.807) is 0 Å². The quantitative estimate of drug-likeness (QED) is 0.219. The highest BCUT2D eigenvalue weighted by Gasteiger charge is 2.21. The SMILES string of the molecule is CC.CC(C)(C)c1ccc(-c2ccc(-n3c4ccc(C(C)(C)C)cc4c4cc(C(C)(C)C)ccc43)cc2)cc1. The zero-order valence-electron chi connectivity index (χ0n) is 26.0. The average molecular weight is 518 g/mol. The summed E-state index contributed by atoms with van der Waals surface area (Å²) in [5.41, 5.74) is 10.7. The predicted molar refractivity (Wildman–Crippen MR) is 174 cm³/mol. The summed E-state index contributed by atoms with van der Waals surface area (Å²) in [4.78, 5) is 0. The van der Waals surface area contributed by atoms with Crippen molar-refractivity contribution < 1.29 is 0 Å². The van der Waals surface area contributed by atoms with Gasteiger partial charge in [-0.3, -0.25) is 0 Å². The molecule has 1 nitrogen and oxygen atoms in total. The van der Waals surface area contributed by atoms with Gasteiger partial charge in [-0.1, -0.05) is 125 Å². The Bertz CT molecular complexity index is 1500. The van der Waals surface area contributed by atoms with E-state index in [9.17, 15) is 0 Å². The van der Waals surface area contributed by atoms with Crippen molar-refractivity contribution in [3.63, 3.8) is 0 Å². The first-order valence-electron chi connectivity index (χ1n) is 14.5. The molecule has 4 aromatic carbocycles. The van der Waals surface area contributed by atoms with Gasteiger partial charge in [0.1, 0.15) is 0 Å². The van der Waals surface area contributed by atoms with E-state index in [2.05, 4.69) is 152 Å². The maximum Gasteiger partial charge on any atom is 0.0541 e. The van der Waals surface area contributed by atoms with Crippen molar-refractivity contribution in [1.82, 2.24) is 4.57 Å². The summed E-state index contributed by atoms with van der Waals surface area (Å²) in [6.45, 7) is 24.5. The lowest BCUT2D eigenvalue weighted by molar-refractivity contribution is 0.590. The molecule has 1 aromatic heterocycles. The summed E-state index contributed by atoms with van der Waals surface area (Å²) in [7, 11) is 0. The molecule has 0 fully saturated rings. The van der Waals surface area contributed by atoms with Crippen LogP contribution < -0.4 is 0 Å². The molecule has 1 heterocycles. The summed E-state index contributed by atoms with van der Waals surface area (Å²) in [5.74, 6) is 0. The molecule has 0 saturated heterocycles. The van der Waals surface area contributed by atoms with Crippen LogP contribution in [0.5, 0.6) is 0 Å². The fourth-order valence-electron chi connectivity index (χ4n) is 5.20. The largest absolute Gasteiger partial charge is 0.309 e. The van der Waals surface area contributed by atoms with Gasteiger partial charge in [0, 0.05) is 16.5 Å². The molecule has 0 spiro atoms. The van der Waals surface area contributed by atoms with Crippen LogP contribution in [0.15, 0.2) is 84.9 Å². The van der Waals surface area contributed by atoms with Gasteiger partial charge >= 0.3 is 0 Å². The molecule has 39 heavy (non-hydrogen) atoms. The molecular weight excluding hydrogens is 470 g/mol. The van der Waals surface area contributed by atoms with E-state index in [1.807, 2.05) is 13.8 Å². The van der Waals surface area contributed by atoms with Crippen molar-refractivity contribution in [1.29, 1.82) is 0 Å². The maximum absolute atomic E-state index is 2.43. The van der Waals surface area contributed by atoms with Crippen LogP contribution in [-0.2, 0) is 16.2 Å². The second-order valence-electron chi connectivity index (χ2n) is 13.7. The monoisotopic (exact) mass is 517 g/mol. The summed E-state index contributed by atoms with van der Waals surface area (Å²) < 4.78 is 2.43. The van der Waals surface area contributed by atoms with Crippen LogP contribution in [-0.4, -0.2) is 4.57 Å². The van der Waals surface area contributed by atoms with Gasteiger partial charge in [-0.15, -0.1) is 0 Å². The zero-order chi connectivity index (χ0) is 28.8. The third-order valence-corrected chi connectivity index (χ3v) is 7.71. The van der Waals surface area contributed by atoms with E-state index in [4.69, 9.17) is 0 Å². The third kappa shape index (κ3) is 5.69. The second-order valence-corrected chi connectivity index (χ2v) is 13.7. The Labute approximate surface area is 236 Å². The summed E-state index contributed by atoms with van der Waals surface area (Å²) >= 11 is 0. The first kappa shape index (κ1) is 28.7. The molecule has 0 N–H and O–H groups in total. The topological polar surface area (TPSA) is 4.93 Å². The van der Waals surface area contributed by atoms with E-state index in [0.717, 1.165) is 0 Å². The number of aromatic nitrogens is 1. The van der Waals surface area contributed by atoms with Crippen molar-refractivity contribution >= 4 is 21.8 Å². The van der Waals surface area contributed by atoms with Gasteiger partial charge in [0.05, 0.1) is 11.0 Å². The summed E-state index contributed by atoms with van der Waals surface area (Å²) in [5, 5.41) is 2.66. The predicted octanol–water partition coefficient (Wildman–Crippen LogP) is 11.4. The van der Waals surface area contributed by atoms with E-state index >= 15 is 0 Å². The number of rotatable bonds is 2. The van der Waals surface area contributed by atoms with Gasteiger partial charge in [0.15, 0.2) is 0 Å².